The summed E-state index contributed by atoms with van der Waals surface area (Å²) in [5.74, 6) is -0.404. The first-order valence-corrected chi connectivity index (χ1v) is 10.4. The Morgan fingerprint density at radius 2 is 2.03 bits per heavy atom. The Morgan fingerprint density at radius 1 is 1.31 bits per heavy atom. The number of halogens is 1. The highest BCUT2D eigenvalue weighted by atomic mass is 35.5. The zero-order valence-corrected chi connectivity index (χ0v) is 18.7. The van der Waals surface area contributed by atoms with Crippen molar-refractivity contribution in [1.29, 1.82) is 0 Å². The third kappa shape index (κ3) is 7.21. The van der Waals surface area contributed by atoms with Crippen LogP contribution >= 0.6 is 22.9 Å². The average molecular weight is 440 g/mol. The number of aromatic nitrogens is 1. The van der Waals surface area contributed by atoms with E-state index in [1.54, 1.807) is 40.0 Å². The highest BCUT2D eigenvalue weighted by Gasteiger charge is 2.21. The number of ether oxygens (including phenoxy) is 2. The standard InChI is InChI=1S/C20H26ClN3O4S/c1-6-27-18(25)17-14(10-15(29-17)13-7-8-22-16(21)9-13)23-11-12(2)24-19(26)28-20(3,4)5/h7-10,12,23H,6,11H2,1-5H3,(H,24,26)/t12-/m1/s1. The van der Waals surface area contributed by atoms with Crippen molar-refractivity contribution in [2.75, 3.05) is 18.5 Å². The van der Waals surface area contributed by atoms with Crippen molar-refractivity contribution in [3.05, 3.63) is 34.4 Å². The van der Waals surface area contributed by atoms with E-state index in [1.807, 2.05) is 19.1 Å². The maximum Gasteiger partial charge on any atom is 0.407 e. The van der Waals surface area contributed by atoms with Crippen LogP contribution in [0.2, 0.25) is 5.15 Å². The van der Waals surface area contributed by atoms with Crippen LogP contribution in [0.3, 0.4) is 0 Å². The lowest BCUT2D eigenvalue weighted by atomic mass is 10.2. The predicted octanol–water partition coefficient (Wildman–Crippen LogP) is 4.97. The lowest BCUT2D eigenvalue weighted by molar-refractivity contribution is 0.0505. The van der Waals surface area contributed by atoms with E-state index < -0.39 is 17.7 Å². The van der Waals surface area contributed by atoms with Gasteiger partial charge in [-0.15, -0.1) is 11.3 Å². The normalized spacial score (nSPS) is 12.2. The summed E-state index contributed by atoms with van der Waals surface area (Å²) in [6.45, 7) is 9.70. The van der Waals surface area contributed by atoms with Gasteiger partial charge in [0, 0.05) is 23.7 Å². The quantitative estimate of drug-likeness (QED) is 0.467. The number of nitrogens with zero attached hydrogens (tertiary/aromatic N) is 1. The number of amides is 1. The van der Waals surface area contributed by atoms with Crippen LogP contribution in [0.15, 0.2) is 24.4 Å². The van der Waals surface area contributed by atoms with Crippen LogP contribution in [0, 0.1) is 0 Å². The first-order valence-electron chi connectivity index (χ1n) is 9.25. The number of carbonyl (C=O) groups is 2. The molecule has 2 aromatic heterocycles. The summed E-state index contributed by atoms with van der Waals surface area (Å²) < 4.78 is 10.4. The third-order valence-electron chi connectivity index (χ3n) is 3.57. The summed E-state index contributed by atoms with van der Waals surface area (Å²) >= 11 is 7.29. The molecule has 158 valence electrons. The molecule has 0 aliphatic rings. The molecule has 0 aromatic carbocycles. The molecule has 2 aromatic rings. The minimum Gasteiger partial charge on any atom is -0.462 e. The smallest absolute Gasteiger partial charge is 0.407 e. The van der Waals surface area contributed by atoms with Crippen molar-refractivity contribution in [3.8, 4) is 10.4 Å². The van der Waals surface area contributed by atoms with Gasteiger partial charge in [-0.3, -0.25) is 0 Å². The Labute approximate surface area is 179 Å². The van der Waals surface area contributed by atoms with Crippen molar-refractivity contribution < 1.29 is 19.1 Å². The Morgan fingerprint density at radius 3 is 2.66 bits per heavy atom. The Bertz CT molecular complexity index is 864. The number of hydrogen-bond acceptors (Lipinski definition) is 7. The van der Waals surface area contributed by atoms with Gasteiger partial charge in [-0.05, 0) is 58.4 Å². The van der Waals surface area contributed by atoms with Gasteiger partial charge in [0.1, 0.15) is 15.6 Å². The molecular formula is C20H26ClN3O4S. The first-order chi connectivity index (χ1) is 13.6. The van der Waals surface area contributed by atoms with E-state index in [2.05, 4.69) is 15.6 Å². The zero-order valence-electron chi connectivity index (χ0n) is 17.2. The predicted molar refractivity (Wildman–Crippen MR) is 116 cm³/mol. The van der Waals surface area contributed by atoms with Gasteiger partial charge in [-0.2, -0.15) is 0 Å². The molecule has 29 heavy (non-hydrogen) atoms. The SMILES string of the molecule is CCOC(=O)c1sc(-c2ccnc(Cl)c2)cc1NC[C@@H](C)NC(=O)OC(C)(C)C. The van der Waals surface area contributed by atoms with Crippen molar-refractivity contribution >= 4 is 40.7 Å². The summed E-state index contributed by atoms with van der Waals surface area (Å²) in [6, 6.07) is 5.20. The number of carbonyl (C=O) groups excluding carboxylic acids is 2. The van der Waals surface area contributed by atoms with E-state index in [1.165, 1.54) is 11.3 Å². The van der Waals surface area contributed by atoms with E-state index in [4.69, 9.17) is 21.1 Å². The Balaban J connectivity index is 2.13. The van der Waals surface area contributed by atoms with Crippen molar-refractivity contribution in [2.24, 2.45) is 0 Å². The molecule has 0 aliphatic carbocycles. The fourth-order valence-corrected chi connectivity index (χ4v) is 3.59. The zero-order chi connectivity index (χ0) is 21.6. The van der Waals surface area contributed by atoms with E-state index >= 15 is 0 Å². The topological polar surface area (TPSA) is 89.5 Å². The number of hydrogen-bond donors (Lipinski definition) is 2. The van der Waals surface area contributed by atoms with Crippen LogP contribution in [0.1, 0.15) is 44.3 Å². The van der Waals surface area contributed by atoms with E-state index in [0.717, 1.165) is 10.4 Å². The molecular weight excluding hydrogens is 414 g/mol. The van der Waals surface area contributed by atoms with Gasteiger partial charge in [0.05, 0.1) is 12.3 Å². The second-order valence-electron chi connectivity index (χ2n) is 7.37. The molecule has 0 radical (unpaired) electrons. The molecule has 0 spiro atoms. The van der Waals surface area contributed by atoms with Crippen molar-refractivity contribution in [2.45, 2.75) is 46.3 Å². The van der Waals surface area contributed by atoms with Crippen LogP contribution < -0.4 is 10.6 Å². The maximum atomic E-state index is 12.4. The fraction of sp³-hybridized carbons (Fsp3) is 0.450. The number of nitrogens with one attached hydrogen (secondary N) is 2. The summed E-state index contributed by atoms with van der Waals surface area (Å²) in [6.07, 6.45) is 1.12. The van der Waals surface area contributed by atoms with Crippen LogP contribution in [-0.2, 0) is 9.47 Å². The molecule has 2 rings (SSSR count). The van der Waals surface area contributed by atoms with Crippen LogP contribution in [0.4, 0.5) is 10.5 Å². The summed E-state index contributed by atoms with van der Waals surface area (Å²) in [5, 5.41) is 6.35. The third-order valence-corrected chi connectivity index (χ3v) is 4.94. The first kappa shape index (κ1) is 23.0. The van der Waals surface area contributed by atoms with E-state index in [-0.39, 0.29) is 12.6 Å². The van der Waals surface area contributed by atoms with Gasteiger partial charge >= 0.3 is 12.1 Å². The largest absolute Gasteiger partial charge is 0.462 e. The molecule has 0 aliphatic heterocycles. The number of alkyl carbamates (subject to hydrolysis) is 1. The van der Waals surface area contributed by atoms with Crippen molar-refractivity contribution in [3.63, 3.8) is 0 Å². The summed E-state index contributed by atoms with van der Waals surface area (Å²) in [7, 11) is 0. The second kappa shape index (κ2) is 9.93. The molecule has 7 nitrogen and oxygen atoms in total. The van der Waals surface area contributed by atoms with Gasteiger partial charge in [0.2, 0.25) is 0 Å². The van der Waals surface area contributed by atoms with Crippen LogP contribution in [0.5, 0.6) is 0 Å². The summed E-state index contributed by atoms with van der Waals surface area (Å²) in [4.78, 5) is 29.6. The number of anilines is 1. The number of pyridine rings is 1. The van der Waals surface area contributed by atoms with Crippen LogP contribution in [0.25, 0.3) is 10.4 Å². The highest BCUT2D eigenvalue weighted by molar-refractivity contribution is 7.18. The average Bonchev–Trinajstić information content (AvgIpc) is 3.03. The number of thiophene rings is 1. The lowest BCUT2D eigenvalue weighted by Gasteiger charge is -2.22. The Kier molecular flexibility index (Phi) is 7.87. The highest BCUT2D eigenvalue weighted by Crippen LogP contribution is 2.36. The Hall–Kier alpha value is -2.32. The molecule has 9 heteroatoms. The summed E-state index contributed by atoms with van der Waals surface area (Å²) in [5.41, 5.74) is 0.922. The van der Waals surface area contributed by atoms with E-state index in [9.17, 15) is 9.59 Å². The maximum absolute atomic E-state index is 12.4. The molecule has 1 amide bonds. The minimum absolute atomic E-state index is 0.224. The van der Waals surface area contributed by atoms with Gasteiger partial charge in [-0.25, -0.2) is 14.6 Å². The molecule has 0 unspecified atom stereocenters. The van der Waals surface area contributed by atoms with E-state index in [0.29, 0.717) is 22.3 Å². The monoisotopic (exact) mass is 439 g/mol. The fourth-order valence-electron chi connectivity index (χ4n) is 2.39. The molecule has 0 saturated carbocycles. The minimum atomic E-state index is -0.567. The number of esters is 1. The lowest BCUT2D eigenvalue weighted by Crippen LogP contribution is -2.40. The second-order valence-corrected chi connectivity index (χ2v) is 8.81. The van der Waals surface area contributed by atoms with Gasteiger partial charge in [-0.1, -0.05) is 11.6 Å². The molecule has 0 saturated heterocycles. The number of rotatable bonds is 7. The molecule has 0 bridgehead atoms. The van der Waals surface area contributed by atoms with Gasteiger partial charge in [0.15, 0.2) is 0 Å². The van der Waals surface area contributed by atoms with Gasteiger partial charge in [0.25, 0.3) is 0 Å². The van der Waals surface area contributed by atoms with Gasteiger partial charge < -0.3 is 20.1 Å². The van der Waals surface area contributed by atoms with Crippen molar-refractivity contribution in [1.82, 2.24) is 10.3 Å². The molecule has 2 heterocycles. The molecule has 1 atom stereocenters. The molecule has 2 N–H and O–H groups in total. The molecule has 0 fully saturated rings. The van der Waals surface area contributed by atoms with Crippen LogP contribution in [-0.4, -0.2) is 41.8 Å².